The lowest BCUT2D eigenvalue weighted by atomic mass is 10.1. The number of unbranched alkanes of at least 4 members (excludes halogenated alkanes) is 12. The molecule has 10 heteroatoms. The molecular formula is C43H74NO8P. The topological polar surface area (TPSA) is 134 Å². The minimum Gasteiger partial charge on any atom is -0.462 e. The highest BCUT2D eigenvalue weighted by atomic mass is 31.2. The number of ether oxygens (including phenoxy) is 2. The minimum atomic E-state index is -4.39. The highest BCUT2D eigenvalue weighted by molar-refractivity contribution is 7.47. The number of esters is 2. The summed E-state index contributed by atoms with van der Waals surface area (Å²) in [6.07, 6.45) is 46.6. The van der Waals surface area contributed by atoms with Crippen LogP contribution in [-0.2, 0) is 32.7 Å². The Labute approximate surface area is 322 Å². The number of phosphoric acid groups is 1. The second-order valence-electron chi connectivity index (χ2n) is 13.1. The Morgan fingerprint density at radius 3 is 1.62 bits per heavy atom. The fourth-order valence-electron chi connectivity index (χ4n) is 5.09. The number of hydrogen-bond donors (Lipinski definition) is 2. The quantitative estimate of drug-likeness (QED) is 0.0274. The molecule has 0 saturated heterocycles. The van der Waals surface area contributed by atoms with Crippen LogP contribution in [0.4, 0.5) is 0 Å². The van der Waals surface area contributed by atoms with Crippen LogP contribution in [0, 0.1) is 0 Å². The van der Waals surface area contributed by atoms with Gasteiger partial charge in [0, 0.05) is 19.4 Å². The number of hydrogen-bond acceptors (Lipinski definition) is 8. The van der Waals surface area contributed by atoms with E-state index in [1.54, 1.807) is 0 Å². The minimum absolute atomic E-state index is 0.0401. The molecule has 0 rings (SSSR count). The van der Waals surface area contributed by atoms with Gasteiger partial charge in [-0.1, -0.05) is 145 Å². The van der Waals surface area contributed by atoms with Gasteiger partial charge in [0.05, 0.1) is 13.2 Å². The molecule has 304 valence electrons. The van der Waals surface area contributed by atoms with Gasteiger partial charge in [0.2, 0.25) is 0 Å². The number of carbonyl (C=O) groups excluding carboxylic acids is 2. The summed E-state index contributed by atoms with van der Waals surface area (Å²) in [5.74, 6) is -0.931. The van der Waals surface area contributed by atoms with Crippen molar-refractivity contribution in [3.8, 4) is 0 Å². The van der Waals surface area contributed by atoms with E-state index in [9.17, 15) is 19.0 Å². The van der Waals surface area contributed by atoms with Crippen molar-refractivity contribution in [1.82, 2.24) is 0 Å². The lowest BCUT2D eigenvalue weighted by molar-refractivity contribution is -0.161. The molecule has 0 bridgehead atoms. The SMILES string of the molecule is CC/C=C/C/C=C/C/C=C/C/C=C/CCCCCCCCC(=O)OCC(COP(=O)(O)OCCN)OC(=O)CC/C=C/C/C=C/CCCCCCCC. The standard InChI is InChI=1S/C43H74NO8P/c1-3-5-7-9-11-13-15-17-18-19-20-21-22-24-25-27-29-31-33-35-42(45)49-39-41(40-51-53(47,48)50-38-37-44)52-43(46)36-34-32-30-28-26-23-16-14-12-10-8-6-4-2/h5,7,11,13,17-18,20-21,23,26,30,32,41H,3-4,6,8-10,12,14-16,19,22,24-25,27-29,31,33-40,44H2,1-2H3,(H,47,48)/b7-5+,13-11+,18-17+,21-20+,26-23+,32-30+. The van der Waals surface area contributed by atoms with Crippen LogP contribution in [0.1, 0.15) is 155 Å². The molecule has 0 spiro atoms. The molecule has 0 aliphatic carbocycles. The van der Waals surface area contributed by atoms with Gasteiger partial charge in [0.1, 0.15) is 6.61 Å². The summed E-state index contributed by atoms with van der Waals surface area (Å²) in [7, 11) is -4.39. The van der Waals surface area contributed by atoms with E-state index in [1.807, 2.05) is 12.2 Å². The summed E-state index contributed by atoms with van der Waals surface area (Å²) in [6.45, 7) is 3.50. The lowest BCUT2D eigenvalue weighted by Crippen LogP contribution is -2.29. The molecule has 9 nitrogen and oxygen atoms in total. The van der Waals surface area contributed by atoms with Gasteiger partial charge in [-0.05, 0) is 70.6 Å². The number of nitrogens with two attached hydrogens (primary N) is 1. The summed E-state index contributed by atoms with van der Waals surface area (Å²) in [5, 5.41) is 0. The molecule has 0 heterocycles. The normalized spacial score (nSPS) is 14.1. The molecule has 0 radical (unpaired) electrons. The first-order valence-electron chi connectivity index (χ1n) is 20.4. The van der Waals surface area contributed by atoms with Crippen LogP contribution in [0.5, 0.6) is 0 Å². The summed E-state index contributed by atoms with van der Waals surface area (Å²) in [4.78, 5) is 34.7. The summed E-state index contributed by atoms with van der Waals surface area (Å²) in [5.41, 5.74) is 5.33. The van der Waals surface area contributed by atoms with Crippen LogP contribution >= 0.6 is 7.82 Å². The average molecular weight is 764 g/mol. The smallest absolute Gasteiger partial charge is 0.462 e. The summed E-state index contributed by atoms with van der Waals surface area (Å²) < 4.78 is 32.6. The van der Waals surface area contributed by atoms with Gasteiger partial charge < -0.3 is 20.1 Å². The number of carbonyl (C=O) groups is 2. The van der Waals surface area contributed by atoms with Gasteiger partial charge in [-0.3, -0.25) is 18.6 Å². The Morgan fingerprint density at radius 1 is 0.585 bits per heavy atom. The molecule has 0 aromatic carbocycles. The molecular weight excluding hydrogens is 689 g/mol. The zero-order chi connectivity index (χ0) is 38.9. The van der Waals surface area contributed by atoms with Crippen molar-refractivity contribution in [2.75, 3.05) is 26.4 Å². The molecule has 0 aliphatic heterocycles. The third kappa shape index (κ3) is 39.0. The van der Waals surface area contributed by atoms with Gasteiger partial charge in [-0.2, -0.15) is 0 Å². The molecule has 0 saturated carbocycles. The predicted octanol–water partition coefficient (Wildman–Crippen LogP) is 11.5. The summed E-state index contributed by atoms with van der Waals surface area (Å²) in [6, 6.07) is 0. The van der Waals surface area contributed by atoms with Crippen LogP contribution < -0.4 is 5.73 Å². The lowest BCUT2D eigenvalue weighted by Gasteiger charge is -2.19. The molecule has 53 heavy (non-hydrogen) atoms. The number of rotatable bonds is 37. The van der Waals surface area contributed by atoms with Gasteiger partial charge in [-0.25, -0.2) is 4.57 Å². The molecule has 0 aromatic heterocycles. The van der Waals surface area contributed by atoms with E-state index in [-0.39, 0.29) is 32.6 Å². The Kier molecular flexibility index (Phi) is 37.3. The molecule has 0 aliphatic rings. The molecule has 0 aromatic rings. The molecule has 0 amide bonds. The van der Waals surface area contributed by atoms with E-state index in [4.69, 9.17) is 24.3 Å². The maximum Gasteiger partial charge on any atom is 0.472 e. The third-order valence-electron chi connectivity index (χ3n) is 8.09. The summed E-state index contributed by atoms with van der Waals surface area (Å²) >= 11 is 0. The molecule has 3 N–H and O–H groups in total. The Hall–Kier alpha value is -2.55. The van der Waals surface area contributed by atoms with Gasteiger partial charge >= 0.3 is 19.8 Å². The van der Waals surface area contributed by atoms with E-state index in [0.29, 0.717) is 12.8 Å². The zero-order valence-corrected chi connectivity index (χ0v) is 34.1. The van der Waals surface area contributed by atoms with Crippen molar-refractivity contribution in [3.63, 3.8) is 0 Å². The van der Waals surface area contributed by atoms with Crippen LogP contribution in [0.15, 0.2) is 72.9 Å². The van der Waals surface area contributed by atoms with Crippen LogP contribution in [0.2, 0.25) is 0 Å². The average Bonchev–Trinajstić information content (AvgIpc) is 3.14. The monoisotopic (exact) mass is 764 g/mol. The second kappa shape index (κ2) is 39.2. The van der Waals surface area contributed by atoms with Crippen molar-refractivity contribution >= 4 is 19.8 Å². The van der Waals surface area contributed by atoms with Crippen molar-refractivity contribution in [3.05, 3.63) is 72.9 Å². The third-order valence-corrected chi connectivity index (χ3v) is 9.07. The number of allylic oxidation sites excluding steroid dienone is 12. The van der Waals surface area contributed by atoms with Gasteiger partial charge in [0.15, 0.2) is 6.10 Å². The highest BCUT2D eigenvalue weighted by Crippen LogP contribution is 2.43. The van der Waals surface area contributed by atoms with E-state index in [1.165, 1.54) is 38.5 Å². The van der Waals surface area contributed by atoms with Crippen molar-refractivity contribution < 1.29 is 37.6 Å². The van der Waals surface area contributed by atoms with E-state index < -0.39 is 32.5 Å². The fraction of sp³-hybridized carbons (Fsp3) is 0.674. The number of phosphoric ester groups is 1. The van der Waals surface area contributed by atoms with Crippen molar-refractivity contribution in [2.45, 2.75) is 161 Å². The maximum absolute atomic E-state index is 12.5. The van der Waals surface area contributed by atoms with E-state index in [2.05, 4.69) is 74.6 Å². The van der Waals surface area contributed by atoms with Gasteiger partial charge in [0.25, 0.3) is 0 Å². The van der Waals surface area contributed by atoms with Crippen LogP contribution in [-0.4, -0.2) is 49.3 Å². The Morgan fingerprint density at radius 2 is 1.08 bits per heavy atom. The molecule has 0 fully saturated rings. The first kappa shape index (κ1) is 50.5. The Bertz CT molecular complexity index is 1100. The second-order valence-corrected chi connectivity index (χ2v) is 14.6. The van der Waals surface area contributed by atoms with E-state index in [0.717, 1.165) is 77.0 Å². The van der Waals surface area contributed by atoms with Crippen LogP contribution in [0.25, 0.3) is 0 Å². The highest BCUT2D eigenvalue weighted by Gasteiger charge is 2.25. The molecule has 2 unspecified atom stereocenters. The maximum atomic E-state index is 12.5. The fourth-order valence-corrected chi connectivity index (χ4v) is 5.85. The predicted molar refractivity (Wildman–Crippen MR) is 219 cm³/mol. The first-order valence-corrected chi connectivity index (χ1v) is 21.9. The Balaban J connectivity index is 4.27. The zero-order valence-electron chi connectivity index (χ0n) is 33.2. The van der Waals surface area contributed by atoms with Crippen molar-refractivity contribution in [1.29, 1.82) is 0 Å². The first-order chi connectivity index (χ1) is 25.8. The van der Waals surface area contributed by atoms with E-state index >= 15 is 0 Å². The molecule has 2 atom stereocenters. The van der Waals surface area contributed by atoms with Crippen LogP contribution in [0.3, 0.4) is 0 Å². The largest absolute Gasteiger partial charge is 0.472 e. The van der Waals surface area contributed by atoms with Crippen molar-refractivity contribution in [2.24, 2.45) is 5.73 Å². The van der Waals surface area contributed by atoms with Gasteiger partial charge in [-0.15, -0.1) is 0 Å².